The van der Waals surface area contributed by atoms with Crippen molar-refractivity contribution in [3.8, 4) is 11.3 Å². The monoisotopic (exact) mass is 242 g/mol. The van der Waals surface area contributed by atoms with Gasteiger partial charge in [0, 0.05) is 17.8 Å². The molecule has 92 valence electrons. The van der Waals surface area contributed by atoms with Gasteiger partial charge in [-0.25, -0.2) is 4.98 Å². The summed E-state index contributed by atoms with van der Waals surface area (Å²) in [5.74, 6) is 0.0552. The zero-order valence-electron chi connectivity index (χ0n) is 10.1. The molecule has 0 fully saturated rings. The summed E-state index contributed by atoms with van der Waals surface area (Å²) in [4.78, 5) is 18.8. The number of benzene rings is 1. The van der Waals surface area contributed by atoms with Crippen LogP contribution >= 0.6 is 0 Å². The van der Waals surface area contributed by atoms with E-state index in [4.69, 9.17) is 0 Å². The van der Waals surface area contributed by atoms with Crippen molar-refractivity contribution in [2.45, 2.75) is 13.0 Å². The highest BCUT2D eigenvalue weighted by molar-refractivity contribution is 5.99. The molecule has 1 amide bonds. The van der Waals surface area contributed by atoms with Gasteiger partial charge in [0.1, 0.15) is 0 Å². The number of nitrogens with zero attached hydrogens (tertiary/aromatic N) is 1. The molecule has 0 unspecified atom stereocenters. The number of aromatic nitrogens is 2. The first-order chi connectivity index (χ1) is 8.78. The number of imidazole rings is 1. The Balaban J connectivity index is 2.00. The normalized spacial score (nSPS) is 13.5. The first kappa shape index (κ1) is 11.0. The fourth-order valence-electron chi connectivity index (χ4n) is 2.26. The van der Waals surface area contributed by atoms with Crippen molar-refractivity contribution in [1.82, 2.24) is 15.3 Å². The molecular formula is C13H14N4O. The van der Waals surface area contributed by atoms with Crippen molar-refractivity contribution in [1.29, 1.82) is 0 Å². The molecular weight excluding hydrogens is 228 g/mol. The molecule has 0 spiro atoms. The molecule has 1 aliphatic rings. The molecule has 3 N–H and O–H groups in total. The minimum Gasteiger partial charge on any atom is -0.347 e. The number of amides is 1. The molecule has 18 heavy (non-hydrogen) atoms. The summed E-state index contributed by atoms with van der Waals surface area (Å²) >= 11 is 0. The number of rotatable bonds is 3. The molecule has 0 saturated heterocycles. The molecule has 1 aromatic carbocycles. The van der Waals surface area contributed by atoms with Crippen LogP contribution in [0.2, 0.25) is 0 Å². The predicted octanol–water partition coefficient (Wildman–Crippen LogP) is 1.29. The Morgan fingerprint density at radius 2 is 2.33 bits per heavy atom. The number of anilines is 1. The maximum Gasteiger partial charge on any atom is 0.228 e. The van der Waals surface area contributed by atoms with E-state index < -0.39 is 0 Å². The number of hydrogen-bond donors (Lipinski definition) is 3. The summed E-state index contributed by atoms with van der Waals surface area (Å²) in [6.45, 7) is 0.740. The van der Waals surface area contributed by atoms with Crippen LogP contribution in [-0.4, -0.2) is 22.9 Å². The summed E-state index contributed by atoms with van der Waals surface area (Å²) in [5.41, 5.74) is 4.98. The van der Waals surface area contributed by atoms with E-state index in [1.807, 2.05) is 25.2 Å². The second-order valence-corrected chi connectivity index (χ2v) is 4.36. The predicted molar refractivity (Wildman–Crippen MR) is 69.1 cm³/mol. The number of carbonyl (C=O) groups excluding carboxylic acids is 1. The van der Waals surface area contributed by atoms with Crippen molar-refractivity contribution < 1.29 is 4.79 Å². The maximum atomic E-state index is 11.3. The molecule has 1 aromatic heterocycles. The van der Waals surface area contributed by atoms with Crippen LogP contribution in [0.1, 0.15) is 11.3 Å². The lowest BCUT2D eigenvalue weighted by atomic mass is 10.0. The van der Waals surface area contributed by atoms with E-state index in [9.17, 15) is 4.79 Å². The number of H-pyrrole nitrogens is 1. The van der Waals surface area contributed by atoms with Gasteiger partial charge in [-0.15, -0.1) is 0 Å². The van der Waals surface area contributed by atoms with E-state index in [-0.39, 0.29) is 5.91 Å². The summed E-state index contributed by atoms with van der Waals surface area (Å²) in [6, 6.07) is 5.95. The van der Waals surface area contributed by atoms with Crippen molar-refractivity contribution in [2.24, 2.45) is 0 Å². The van der Waals surface area contributed by atoms with Gasteiger partial charge in [0.05, 0.1) is 24.1 Å². The Kier molecular flexibility index (Phi) is 2.60. The van der Waals surface area contributed by atoms with Gasteiger partial charge in [-0.1, -0.05) is 6.07 Å². The largest absolute Gasteiger partial charge is 0.347 e. The Morgan fingerprint density at radius 1 is 1.44 bits per heavy atom. The first-order valence-corrected chi connectivity index (χ1v) is 5.88. The SMILES string of the molecule is CNCc1[nH]cnc1-c1ccc2c(c1)CC(=O)N2. The molecule has 3 rings (SSSR count). The molecule has 0 bridgehead atoms. The highest BCUT2D eigenvalue weighted by atomic mass is 16.1. The third-order valence-electron chi connectivity index (χ3n) is 3.08. The average Bonchev–Trinajstić information content (AvgIpc) is 2.93. The minimum absolute atomic E-state index is 0.0552. The van der Waals surface area contributed by atoms with Crippen LogP contribution in [0.3, 0.4) is 0 Å². The lowest BCUT2D eigenvalue weighted by Gasteiger charge is -2.04. The van der Waals surface area contributed by atoms with Crippen LogP contribution in [0.25, 0.3) is 11.3 Å². The van der Waals surface area contributed by atoms with E-state index in [0.29, 0.717) is 6.42 Å². The van der Waals surface area contributed by atoms with Gasteiger partial charge in [-0.3, -0.25) is 4.79 Å². The van der Waals surface area contributed by atoms with E-state index in [2.05, 4.69) is 20.6 Å². The molecule has 5 heteroatoms. The summed E-state index contributed by atoms with van der Waals surface area (Å²) < 4.78 is 0. The third-order valence-corrected chi connectivity index (χ3v) is 3.08. The van der Waals surface area contributed by atoms with Gasteiger partial charge in [-0.05, 0) is 24.7 Å². The van der Waals surface area contributed by atoms with Crippen LogP contribution < -0.4 is 10.6 Å². The molecule has 0 atom stereocenters. The third kappa shape index (κ3) is 1.78. The molecule has 0 saturated carbocycles. The molecule has 2 heterocycles. The van der Waals surface area contributed by atoms with Gasteiger partial charge in [0.15, 0.2) is 0 Å². The summed E-state index contributed by atoms with van der Waals surface area (Å²) in [6.07, 6.45) is 2.15. The van der Waals surface area contributed by atoms with Crippen LogP contribution in [0, 0.1) is 0 Å². The van der Waals surface area contributed by atoms with Crippen molar-refractivity contribution >= 4 is 11.6 Å². The molecule has 1 aliphatic heterocycles. The highest BCUT2D eigenvalue weighted by Crippen LogP contribution is 2.29. The van der Waals surface area contributed by atoms with E-state index in [1.54, 1.807) is 6.33 Å². The van der Waals surface area contributed by atoms with Crippen molar-refractivity contribution in [2.75, 3.05) is 12.4 Å². The second-order valence-electron chi connectivity index (χ2n) is 4.36. The highest BCUT2D eigenvalue weighted by Gasteiger charge is 2.18. The zero-order valence-corrected chi connectivity index (χ0v) is 10.1. The van der Waals surface area contributed by atoms with Gasteiger partial charge in [0.2, 0.25) is 5.91 Å². The van der Waals surface area contributed by atoms with Crippen LogP contribution in [0.15, 0.2) is 24.5 Å². The summed E-state index contributed by atoms with van der Waals surface area (Å²) in [5, 5.41) is 5.93. The van der Waals surface area contributed by atoms with Gasteiger partial charge < -0.3 is 15.6 Å². The van der Waals surface area contributed by atoms with E-state index >= 15 is 0 Å². The fourth-order valence-corrected chi connectivity index (χ4v) is 2.26. The van der Waals surface area contributed by atoms with Crippen LogP contribution in [0.4, 0.5) is 5.69 Å². The number of fused-ring (bicyclic) bond motifs is 1. The van der Waals surface area contributed by atoms with Gasteiger partial charge in [-0.2, -0.15) is 0 Å². The average molecular weight is 242 g/mol. The smallest absolute Gasteiger partial charge is 0.228 e. The number of hydrogen-bond acceptors (Lipinski definition) is 3. The number of aromatic amines is 1. The Labute approximate surface area is 105 Å². The minimum atomic E-state index is 0.0552. The maximum absolute atomic E-state index is 11.3. The Morgan fingerprint density at radius 3 is 3.17 bits per heavy atom. The first-order valence-electron chi connectivity index (χ1n) is 5.88. The summed E-state index contributed by atoms with van der Waals surface area (Å²) in [7, 11) is 1.90. The second kappa shape index (κ2) is 4.27. The number of carbonyl (C=O) groups is 1. The fraction of sp³-hybridized carbons (Fsp3) is 0.231. The Bertz CT molecular complexity index is 603. The van der Waals surface area contributed by atoms with Crippen LogP contribution in [-0.2, 0) is 17.8 Å². The lowest BCUT2D eigenvalue weighted by Crippen LogP contribution is -2.06. The van der Waals surface area contributed by atoms with Crippen LogP contribution in [0.5, 0.6) is 0 Å². The molecule has 0 aliphatic carbocycles. The zero-order chi connectivity index (χ0) is 12.5. The topological polar surface area (TPSA) is 69.8 Å². The Hall–Kier alpha value is -2.14. The van der Waals surface area contributed by atoms with E-state index in [1.165, 1.54) is 0 Å². The van der Waals surface area contributed by atoms with Crippen molar-refractivity contribution in [3.05, 3.63) is 35.8 Å². The molecule has 2 aromatic rings. The standard InChI is InChI=1S/C13H14N4O/c1-14-6-11-13(16-7-15-11)8-2-3-10-9(4-8)5-12(18)17-10/h2-4,7,14H,5-6H2,1H3,(H,15,16)(H,17,18). The number of nitrogens with one attached hydrogen (secondary N) is 3. The lowest BCUT2D eigenvalue weighted by molar-refractivity contribution is -0.115. The van der Waals surface area contributed by atoms with Gasteiger partial charge in [0.25, 0.3) is 0 Å². The molecule has 0 radical (unpaired) electrons. The quantitative estimate of drug-likeness (QED) is 0.759. The van der Waals surface area contributed by atoms with E-state index in [0.717, 1.165) is 34.7 Å². The molecule has 5 nitrogen and oxygen atoms in total. The van der Waals surface area contributed by atoms with Gasteiger partial charge >= 0.3 is 0 Å². The van der Waals surface area contributed by atoms with Crippen molar-refractivity contribution in [3.63, 3.8) is 0 Å².